The van der Waals surface area contributed by atoms with Crippen LogP contribution in [0.1, 0.15) is 12.8 Å². The molecule has 124 valence electrons. The molecule has 0 aliphatic carbocycles. The molecule has 1 saturated heterocycles. The highest BCUT2D eigenvalue weighted by Crippen LogP contribution is 2.32. The van der Waals surface area contributed by atoms with E-state index in [1.165, 1.54) is 17.6 Å². The summed E-state index contributed by atoms with van der Waals surface area (Å²) in [7, 11) is 0. The first-order valence-electron chi connectivity index (χ1n) is 7.76. The van der Waals surface area contributed by atoms with E-state index < -0.39 is 0 Å². The maximum absolute atomic E-state index is 5.95. The van der Waals surface area contributed by atoms with Gasteiger partial charge in [0.05, 0.1) is 24.3 Å². The minimum atomic E-state index is 0.231. The molecule has 0 radical (unpaired) electrons. The topological polar surface area (TPSA) is 66.6 Å². The van der Waals surface area contributed by atoms with Crippen molar-refractivity contribution in [1.29, 1.82) is 0 Å². The molecule has 0 bridgehead atoms. The number of rotatable bonds is 5. The molecule has 0 spiro atoms. The molecule has 0 N–H and O–H groups in total. The van der Waals surface area contributed by atoms with Crippen LogP contribution in [0.15, 0.2) is 47.3 Å². The van der Waals surface area contributed by atoms with Crippen LogP contribution in [0.5, 0.6) is 16.7 Å². The number of benzene rings is 1. The fourth-order valence-corrected chi connectivity index (χ4v) is 3.18. The molecule has 4 rings (SSSR count). The van der Waals surface area contributed by atoms with E-state index in [1.807, 2.05) is 24.3 Å². The highest BCUT2D eigenvalue weighted by Gasteiger charge is 2.15. The zero-order valence-corrected chi connectivity index (χ0v) is 13.7. The van der Waals surface area contributed by atoms with Crippen LogP contribution in [0.2, 0.25) is 0 Å². The van der Waals surface area contributed by atoms with Gasteiger partial charge in [-0.25, -0.2) is 4.98 Å². The molecule has 0 saturated carbocycles. The standard InChI is InChI=1S/C17H16N2O4S/c1-3-13(4-2-12(1)22-14-5-8-20-9-6-14)23-17-18-11-16(24-17)15-7-10-21-19-15/h1-4,7,10-11,14H,5-6,8-9H2. The van der Waals surface area contributed by atoms with E-state index in [-0.39, 0.29) is 6.10 Å². The van der Waals surface area contributed by atoms with Gasteiger partial charge in [0.15, 0.2) is 0 Å². The molecule has 1 aliphatic heterocycles. The van der Waals surface area contributed by atoms with Gasteiger partial charge in [-0.2, -0.15) is 0 Å². The Kier molecular flexibility index (Phi) is 4.44. The summed E-state index contributed by atoms with van der Waals surface area (Å²) in [5.74, 6) is 1.56. The predicted molar refractivity (Wildman–Crippen MR) is 88.6 cm³/mol. The Morgan fingerprint density at radius 3 is 2.58 bits per heavy atom. The molecule has 7 heteroatoms. The van der Waals surface area contributed by atoms with Crippen LogP contribution in [0.4, 0.5) is 0 Å². The summed E-state index contributed by atoms with van der Waals surface area (Å²) in [5, 5.41) is 4.45. The molecule has 0 amide bonds. The van der Waals surface area contributed by atoms with Gasteiger partial charge in [-0.05, 0) is 24.3 Å². The minimum absolute atomic E-state index is 0.231. The molecule has 0 unspecified atom stereocenters. The summed E-state index contributed by atoms with van der Waals surface area (Å²) < 4.78 is 21.9. The van der Waals surface area contributed by atoms with Gasteiger partial charge >= 0.3 is 0 Å². The van der Waals surface area contributed by atoms with Crippen molar-refractivity contribution < 1.29 is 18.7 Å². The number of aromatic nitrogens is 2. The quantitative estimate of drug-likeness (QED) is 0.693. The second-order valence-corrected chi connectivity index (χ2v) is 6.37. The van der Waals surface area contributed by atoms with E-state index in [4.69, 9.17) is 18.7 Å². The van der Waals surface area contributed by atoms with Gasteiger partial charge in [0, 0.05) is 18.9 Å². The lowest BCUT2D eigenvalue weighted by atomic mass is 10.1. The molecule has 3 heterocycles. The maximum atomic E-state index is 5.95. The monoisotopic (exact) mass is 344 g/mol. The number of ether oxygens (including phenoxy) is 3. The lowest BCUT2D eigenvalue weighted by Gasteiger charge is -2.23. The Balaban J connectivity index is 1.38. The van der Waals surface area contributed by atoms with Crippen molar-refractivity contribution >= 4 is 11.3 Å². The summed E-state index contributed by atoms with van der Waals surface area (Å²) in [6, 6.07) is 9.38. The highest BCUT2D eigenvalue weighted by atomic mass is 32.1. The van der Waals surface area contributed by atoms with Crippen LogP contribution >= 0.6 is 11.3 Å². The van der Waals surface area contributed by atoms with Crippen molar-refractivity contribution in [1.82, 2.24) is 10.1 Å². The van der Waals surface area contributed by atoms with Gasteiger partial charge in [-0.15, -0.1) is 0 Å². The van der Waals surface area contributed by atoms with Crippen molar-refractivity contribution in [2.75, 3.05) is 13.2 Å². The number of thiazole rings is 1. The van der Waals surface area contributed by atoms with Gasteiger partial charge in [-0.3, -0.25) is 0 Å². The van der Waals surface area contributed by atoms with Crippen LogP contribution in [-0.2, 0) is 4.74 Å². The molecule has 24 heavy (non-hydrogen) atoms. The van der Waals surface area contributed by atoms with Gasteiger partial charge in [0.1, 0.15) is 29.6 Å². The summed E-state index contributed by atoms with van der Waals surface area (Å²) in [5.41, 5.74) is 0.752. The second-order valence-electron chi connectivity index (χ2n) is 5.38. The zero-order valence-electron chi connectivity index (χ0n) is 12.9. The van der Waals surface area contributed by atoms with Gasteiger partial charge in [0.25, 0.3) is 5.19 Å². The first kappa shape index (κ1) is 15.2. The Bertz CT molecular complexity index is 764. The molecule has 1 aliphatic rings. The fraction of sp³-hybridized carbons (Fsp3) is 0.294. The zero-order chi connectivity index (χ0) is 16.2. The third-order valence-corrected chi connectivity index (χ3v) is 4.57. The summed E-state index contributed by atoms with van der Waals surface area (Å²) in [6.45, 7) is 1.54. The van der Waals surface area contributed by atoms with Crippen molar-refractivity contribution in [2.24, 2.45) is 0 Å². The Hall–Kier alpha value is -2.38. The van der Waals surface area contributed by atoms with Crippen molar-refractivity contribution in [2.45, 2.75) is 18.9 Å². The van der Waals surface area contributed by atoms with Crippen molar-refractivity contribution in [3.8, 4) is 27.3 Å². The third-order valence-electron chi connectivity index (χ3n) is 3.67. The number of nitrogens with zero attached hydrogens (tertiary/aromatic N) is 2. The minimum Gasteiger partial charge on any atom is -0.490 e. The maximum Gasteiger partial charge on any atom is 0.279 e. The van der Waals surface area contributed by atoms with Crippen LogP contribution in [0.25, 0.3) is 10.6 Å². The van der Waals surface area contributed by atoms with Crippen LogP contribution in [-0.4, -0.2) is 29.5 Å². The van der Waals surface area contributed by atoms with E-state index in [9.17, 15) is 0 Å². The molecular formula is C17H16N2O4S. The second kappa shape index (κ2) is 7.02. The van der Waals surface area contributed by atoms with Crippen molar-refractivity contribution in [3.63, 3.8) is 0 Å². The van der Waals surface area contributed by atoms with E-state index in [1.54, 1.807) is 12.3 Å². The molecule has 1 aromatic carbocycles. The van der Waals surface area contributed by atoms with Gasteiger partial charge in [0.2, 0.25) is 0 Å². The summed E-state index contributed by atoms with van der Waals surface area (Å²) >= 11 is 1.42. The predicted octanol–water partition coefficient (Wildman–Crippen LogP) is 4.15. The lowest BCUT2D eigenvalue weighted by molar-refractivity contribution is 0.0255. The molecule has 6 nitrogen and oxygen atoms in total. The van der Waals surface area contributed by atoms with Crippen LogP contribution in [0.3, 0.4) is 0 Å². The number of hydrogen-bond donors (Lipinski definition) is 0. The lowest BCUT2D eigenvalue weighted by Crippen LogP contribution is -2.25. The Labute approximate surface area is 143 Å². The normalized spacial score (nSPS) is 15.3. The van der Waals surface area contributed by atoms with E-state index in [2.05, 4.69) is 10.1 Å². The molecule has 3 aromatic rings. The molecule has 0 atom stereocenters. The Morgan fingerprint density at radius 1 is 1.04 bits per heavy atom. The SMILES string of the molecule is c1cc(-c2cnc(Oc3ccc(OC4CCOCC4)cc3)s2)no1. The van der Waals surface area contributed by atoms with E-state index >= 15 is 0 Å². The largest absolute Gasteiger partial charge is 0.490 e. The number of hydrogen-bond acceptors (Lipinski definition) is 7. The first-order chi connectivity index (χ1) is 11.9. The Morgan fingerprint density at radius 2 is 1.83 bits per heavy atom. The highest BCUT2D eigenvalue weighted by molar-refractivity contribution is 7.16. The fourth-order valence-electron chi connectivity index (χ4n) is 2.44. The van der Waals surface area contributed by atoms with Gasteiger partial charge < -0.3 is 18.7 Å². The smallest absolute Gasteiger partial charge is 0.279 e. The average molecular weight is 344 g/mol. The summed E-state index contributed by atoms with van der Waals surface area (Å²) in [4.78, 5) is 5.15. The van der Waals surface area contributed by atoms with Gasteiger partial charge in [-0.1, -0.05) is 16.5 Å². The molecular weight excluding hydrogens is 328 g/mol. The van der Waals surface area contributed by atoms with E-state index in [0.29, 0.717) is 5.19 Å². The van der Waals surface area contributed by atoms with E-state index in [0.717, 1.165) is 48.1 Å². The average Bonchev–Trinajstić information content (AvgIpc) is 3.29. The van der Waals surface area contributed by atoms with Crippen molar-refractivity contribution in [3.05, 3.63) is 42.8 Å². The molecule has 2 aromatic heterocycles. The first-order valence-corrected chi connectivity index (χ1v) is 8.57. The summed E-state index contributed by atoms with van der Waals surface area (Å²) in [6.07, 6.45) is 5.35. The van der Waals surface area contributed by atoms with Crippen LogP contribution in [0, 0.1) is 0 Å². The van der Waals surface area contributed by atoms with Crippen LogP contribution < -0.4 is 9.47 Å². The molecule has 1 fully saturated rings. The third kappa shape index (κ3) is 3.58.